The van der Waals surface area contributed by atoms with E-state index in [1.165, 1.54) is 5.56 Å². The van der Waals surface area contributed by atoms with Crippen LogP contribution in [0.15, 0.2) is 24.3 Å². The van der Waals surface area contributed by atoms with Gasteiger partial charge in [0.1, 0.15) is 5.75 Å². The van der Waals surface area contributed by atoms with Crippen LogP contribution in [0.4, 0.5) is 0 Å². The van der Waals surface area contributed by atoms with Crippen molar-refractivity contribution in [2.75, 3.05) is 19.7 Å². The Hall–Kier alpha value is -1.06. The van der Waals surface area contributed by atoms with Crippen molar-refractivity contribution in [1.29, 1.82) is 0 Å². The molecular formula is C15H23NO2. The topological polar surface area (TPSA) is 41.5 Å². The number of aliphatic hydroxyl groups is 1. The Bertz CT molecular complexity index is 344. The highest BCUT2D eigenvalue weighted by Crippen LogP contribution is 2.20. The molecule has 1 unspecified atom stereocenters. The van der Waals surface area contributed by atoms with Crippen molar-refractivity contribution < 1.29 is 9.84 Å². The zero-order valence-electron chi connectivity index (χ0n) is 11.1. The molecule has 0 amide bonds. The second kappa shape index (κ2) is 6.76. The van der Waals surface area contributed by atoms with Gasteiger partial charge in [-0.25, -0.2) is 0 Å². The van der Waals surface area contributed by atoms with Crippen LogP contribution in [0.25, 0.3) is 0 Å². The van der Waals surface area contributed by atoms with Crippen LogP contribution in [0.5, 0.6) is 5.75 Å². The van der Waals surface area contributed by atoms with E-state index in [9.17, 15) is 5.11 Å². The summed E-state index contributed by atoms with van der Waals surface area (Å²) < 4.78 is 5.41. The van der Waals surface area contributed by atoms with E-state index in [0.29, 0.717) is 12.5 Å². The third kappa shape index (κ3) is 3.72. The maximum atomic E-state index is 10.2. The highest BCUT2D eigenvalue weighted by atomic mass is 16.5. The second-order valence-electron chi connectivity index (χ2n) is 4.94. The number of hydrogen-bond acceptors (Lipinski definition) is 3. The molecule has 0 radical (unpaired) electrons. The molecule has 0 aromatic heterocycles. The van der Waals surface area contributed by atoms with Crippen LogP contribution in [0.2, 0.25) is 0 Å². The Morgan fingerprint density at radius 2 is 1.94 bits per heavy atom. The van der Waals surface area contributed by atoms with E-state index in [0.717, 1.165) is 38.1 Å². The Morgan fingerprint density at radius 1 is 1.28 bits per heavy atom. The SMILES string of the molecule is CCOc1ccc(CC(O)C2CCNCC2)cc1. The lowest BCUT2D eigenvalue weighted by Gasteiger charge is -2.27. The highest BCUT2D eigenvalue weighted by Gasteiger charge is 2.21. The normalized spacial score (nSPS) is 18.6. The summed E-state index contributed by atoms with van der Waals surface area (Å²) in [5, 5.41) is 13.6. The maximum Gasteiger partial charge on any atom is 0.119 e. The van der Waals surface area contributed by atoms with Gasteiger partial charge in [-0.15, -0.1) is 0 Å². The minimum atomic E-state index is -0.218. The average molecular weight is 249 g/mol. The van der Waals surface area contributed by atoms with E-state index in [1.54, 1.807) is 0 Å². The molecule has 18 heavy (non-hydrogen) atoms. The molecule has 1 aromatic rings. The summed E-state index contributed by atoms with van der Waals surface area (Å²) in [6.45, 7) is 4.74. The van der Waals surface area contributed by atoms with E-state index >= 15 is 0 Å². The highest BCUT2D eigenvalue weighted by molar-refractivity contribution is 5.27. The van der Waals surface area contributed by atoms with E-state index in [1.807, 2.05) is 19.1 Å². The molecule has 1 aliphatic rings. The average Bonchev–Trinajstić information content (AvgIpc) is 2.42. The van der Waals surface area contributed by atoms with E-state index in [2.05, 4.69) is 17.4 Å². The van der Waals surface area contributed by atoms with Crippen LogP contribution in [0.3, 0.4) is 0 Å². The van der Waals surface area contributed by atoms with Gasteiger partial charge < -0.3 is 15.2 Å². The van der Waals surface area contributed by atoms with Gasteiger partial charge in [0.05, 0.1) is 12.7 Å². The predicted molar refractivity (Wildman–Crippen MR) is 72.9 cm³/mol. The van der Waals surface area contributed by atoms with Crippen molar-refractivity contribution >= 4 is 0 Å². The van der Waals surface area contributed by atoms with Gasteiger partial charge in [-0.1, -0.05) is 12.1 Å². The first-order valence-corrected chi connectivity index (χ1v) is 6.90. The van der Waals surface area contributed by atoms with Gasteiger partial charge in [-0.05, 0) is 62.9 Å². The largest absolute Gasteiger partial charge is 0.494 e. The van der Waals surface area contributed by atoms with Gasteiger partial charge in [-0.3, -0.25) is 0 Å². The lowest BCUT2D eigenvalue weighted by atomic mass is 9.89. The van der Waals surface area contributed by atoms with Crippen LogP contribution in [0, 0.1) is 5.92 Å². The maximum absolute atomic E-state index is 10.2. The van der Waals surface area contributed by atoms with Crippen molar-refractivity contribution in [2.24, 2.45) is 5.92 Å². The molecule has 1 fully saturated rings. The fraction of sp³-hybridized carbons (Fsp3) is 0.600. The van der Waals surface area contributed by atoms with Gasteiger partial charge in [-0.2, -0.15) is 0 Å². The third-order valence-corrected chi connectivity index (χ3v) is 3.61. The fourth-order valence-electron chi connectivity index (χ4n) is 2.53. The first-order valence-electron chi connectivity index (χ1n) is 6.90. The van der Waals surface area contributed by atoms with E-state index in [-0.39, 0.29) is 6.10 Å². The van der Waals surface area contributed by atoms with Gasteiger partial charge in [0.25, 0.3) is 0 Å². The second-order valence-corrected chi connectivity index (χ2v) is 4.94. The summed E-state index contributed by atoms with van der Waals surface area (Å²) in [4.78, 5) is 0. The van der Waals surface area contributed by atoms with E-state index < -0.39 is 0 Å². The summed E-state index contributed by atoms with van der Waals surface area (Å²) >= 11 is 0. The van der Waals surface area contributed by atoms with E-state index in [4.69, 9.17) is 4.74 Å². The Kier molecular flexibility index (Phi) is 5.02. The molecule has 0 spiro atoms. The van der Waals surface area contributed by atoms with Crippen LogP contribution >= 0.6 is 0 Å². The van der Waals surface area contributed by atoms with Crippen LogP contribution in [-0.2, 0) is 6.42 Å². The summed E-state index contributed by atoms with van der Waals surface area (Å²) in [5.74, 6) is 1.34. The summed E-state index contributed by atoms with van der Waals surface area (Å²) in [6, 6.07) is 8.06. The summed E-state index contributed by atoms with van der Waals surface area (Å²) in [5.41, 5.74) is 1.18. The van der Waals surface area contributed by atoms with Crippen LogP contribution in [0.1, 0.15) is 25.3 Å². The van der Waals surface area contributed by atoms with Crippen molar-refractivity contribution in [3.05, 3.63) is 29.8 Å². The Morgan fingerprint density at radius 3 is 2.56 bits per heavy atom. The lowest BCUT2D eigenvalue weighted by Crippen LogP contribution is -2.34. The lowest BCUT2D eigenvalue weighted by molar-refractivity contribution is 0.0890. The molecule has 1 aromatic carbocycles. The molecule has 0 bridgehead atoms. The molecule has 1 aliphatic heterocycles. The quantitative estimate of drug-likeness (QED) is 0.838. The zero-order chi connectivity index (χ0) is 12.8. The number of rotatable bonds is 5. The standard InChI is InChI=1S/C15H23NO2/c1-2-18-14-5-3-12(4-6-14)11-15(17)13-7-9-16-10-8-13/h3-6,13,15-17H,2,7-11H2,1H3. The number of ether oxygens (including phenoxy) is 1. The summed E-state index contributed by atoms with van der Waals surface area (Å²) in [7, 11) is 0. The number of nitrogens with one attached hydrogen (secondary N) is 1. The van der Waals surface area contributed by atoms with Crippen LogP contribution < -0.4 is 10.1 Å². The first kappa shape index (κ1) is 13.4. The Labute approximate surface area is 109 Å². The third-order valence-electron chi connectivity index (χ3n) is 3.61. The van der Waals surface area contributed by atoms with Gasteiger partial charge in [0.15, 0.2) is 0 Å². The Balaban J connectivity index is 1.87. The molecule has 3 heteroatoms. The van der Waals surface area contributed by atoms with Gasteiger partial charge >= 0.3 is 0 Å². The molecule has 3 nitrogen and oxygen atoms in total. The fourth-order valence-corrected chi connectivity index (χ4v) is 2.53. The molecule has 2 rings (SSSR count). The number of hydrogen-bond donors (Lipinski definition) is 2. The molecule has 100 valence electrons. The van der Waals surface area contributed by atoms with Crippen molar-refractivity contribution in [1.82, 2.24) is 5.32 Å². The molecule has 2 N–H and O–H groups in total. The molecule has 1 heterocycles. The number of benzene rings is 1. The molecular weight excluding hydrogens is 226 g/mol. The number of piperidine rings is 1. The predicted octanol–water partition coefficient (Wildman–Crippen LogP) is 1.99. The first-order chi connectivity index (χ1) is 8.79. The van der Waals surface area contributed by atoms with Crippen molar-refractivity contribution in [3.8, 4) is 5.75 Å². The number of aliphatic hydroxyl groups excluding tert-OH is 1. The molecule has 1 saturated heterocycles. The monoisotopic (exact) mass is 249 g/mol. The molecule has 0 saturated carbocycles. The van der Waals surface area contributed by atoms with Gasteiger partial charge in [0, 0.05) is 0 Å². The van der Waals surface area contributed by atoms with Gasteiger partial charge in [0.2, 0.25) is 0 Å². The molecule has 0 aliphatic carbocycles. The van der Waals surface area contributed by atoms with Crippen LogP contribution in [-0.4, -0.2) is 30.9 Å². The smallest absolute Gasteiger partial charge is 0.119 e. The van der Waals surface area contributed by atoms with Crippen molar-refractivity contribution in [3.63, 3.8) is 0 Å². The summed E-state index contributed by atoms with van der Waals surface area (Å²) in [6.07, 6.45) is 2.69. The van der Waals surface area contributed by atoms with Crippen molar-refractivity contribution in [2.45, 2.75) is 32.3 Å². The molecule has 1 atom stereocenters. The minimum Gasteiger partial charge on any atom is -0.494 e. The minimum absolute atomic E-state index is 0.218. The zero-order valence-corrected chi connectivity index (χ0v) is 11.1.